The van der Waals surface area contributed by atoms with Crippen molar-refractivity contribution in [2.75, 3.05) is 19.6 Å². The molecule has 1 aliphatic heterocycles. The molecule has 0 N–H and O–H groups in total. The van der Waals surface area contributed by atoms with Crippen LogP contribution in [0, 0.1) is 0 Å². The predicted molar refractivity (Wildman–Crippen MR) is 105 cm³/mol. The van der Waals surface area contributed by atoms with Gasteiger partial charge in [-0.1, -0.05) is 48.9 Å². The number of benzene rings is 3. The first-order valence-electron chi connectivity index (χ1n) is 8.64. The van der Waals surface area contributed by atoms with E-state index in [9.17, 15) is 4.79 Å². The van der Waals surface area contributed by atoms with Crippen molar-refractivity contribution in [3.63, 3.8) is 0 Å². The molecular formula is C21H22ClNO2. The molecule has 25 heavy (non-hydrogen) atoms. The van der Waals surface area contributed by atoms with E-state index in [0.29, 0.717) is 12.3 Å². The highest BCUT2D eigenvalue weighted by Gasteiger charge is 2.15. The molecule has 1 saturated heterocycles. The number of fused-ring (bicyclic) bond motifs is 3. The molecule has 0 aromatic heterocycles. The fraction of sp³-hybridized carbons (Fsp3) is 0.286. The molecule has 0 unspecified atom stereocenters. The van der Waals surface area contributed by atoms with Gasteiger partial charge in [-0.15, -0.1) is 12.4 Å². The molecule has 130 valence electrons. The topological polar surface area (TPSA) is 29.5 Å². The Hall–Kier alpha value is -2.10. The van der Waals surface area contributed by atoms with Gasteiger partial charge in [-0.05, 0) is 59.6 Å². The Bertz CT molecular complexity index is 887. The second kappa shape index (κ2) is 7.85. The van der Waals surface area contributed by atoms with Crippen LogP contribution < -0.4 is 4.74 Å². The van der Waals surface area contributed by atoms with Gasteiger partial charge >= 0.3 is 5.97 Å². The zero-order chi connectivity index (χ0) is 16.4. The first-order chi connectivity index (χ1) is 11.8. The van der Waals surface area contributed by atoms with Crippen molar-refractivity contribution in [1.29, 1.82) is 0 Å². The fourth-order valence-corrected chi connectivity index (χ4v) is 3.51. The standard InChI is InChI=1S/C21H21NO2.ClH/c23-21(15-22-12-4-1-5-13-22)24-18-11-10-17-9-8-16-6-2-3-7-19(16)20(17)14-18;/h2-3,6-11,14H,1,4-5,12-13,15H2;1H. The minimum atomic E-state index is -0.170. The number of carbonyl (C=O) groups excluding carboxylic acids is 1. The minimum absolute atomic E-state index is 0. The number of nitrogens with zero attached hydrogens (tertiary/aromatic N) is 1. The smallest absolute Gasteiger partial charge is 0.325 e. The van der Waals surface area contributed by atoms with E-state index in [0.717, 1.165) is 23.9 Å². The van der Waals surface area contributed by atoms with E-state index < -0.39 is 0 Å². The zero-order valence-corrected chi connectivity index (χ0v) is 14.9. The van der Waals surface area contributed by atoms with Crippen LogP contribution in [-0.4, -0.2) is 30.5 Å². The van der Waals surface area contributed by atoms with Gasteiger partial charge in [-0.25, -0.2) is 0 Å². The number of carbonyl (C=O) groups is 1. The van der Waals surface area contributed by atoms with Crippen LogP contribution >= 0.6 is 12.4 Å². The van der Waals surface area contributed by atoms with Crippen molar-refractivity contribution in [1.82, 2.24) is 4.90 Å². The van der Waals surface area contributed by atoms with E-state index in [1.54, 1.807) is 0 Å². The summed E-state index contributed by atoms with van der Waals surface area (Å²) in [6.07, 6.45) is 3.62. The van der Waals surface area contributed by atoms with Crippen LogP contribution in [0.3, 0.4) is 0 Å². The monoisotopic (exact) mass is 355 g/mol. The number of hydrogen-bond donors (Lipinski definition) is 0. The van der Waals surface area contributed by atoms with Crippen molar-refractivity contribution in [3.8, 4) is 5.75 Å². The van der Waals surface area contributed by atoms with E-state index in [1.165, 1.54) is 30.0 Å². The number of esters is 1. The van der Waals surface area contributed by atoms with E-state index in [1.807, 2.05) is 30.3 Å². The van der Waals surface area contributed by atoms with Gasteiger partial charge in [0, 0.05) is 0 Å². The second-order valence-electron chi connectivity index (χ2n) is 6.48. The first-order valence-corrected chi connectivity index (χ1v) is 8.64. The average Bonchev–Trinajstić information content (AvgIpc) is 2.62. The summed E-state index contributed by atoms with van der Waals surface area (Å²) in [5, 5.41) is 4.66. The highest BCUT2D eigenvalue weighted by atomic mass is 35.5. The van der Waals surface area contributed by atoms with Crippen molar-refractivity contribution >= 4 is 39.9 Å². The molecule has 0 spiro atoms. The highest BCUT2D eigenvalue weighted by molar-refractivity contribution is 6.07. The summed E-state index contributed by atoms with van der Waals surface area (Å²) >= 11 is 0. The molecule has 0 atom stereocenters. The highest BCUT2D eigenvalue weighted by Crippen LogP contribution is 2.28. The fourth-order valence-electron chi connectivity index (χ4n) is 3.51. The van der Waals surface area contributed by atoms with Crippen LogP contribution in [0.1, 0.15) is 19.3 Å². The molecule has 3 aromatic rings. The Morgan fingerprint density at radius 3 is 2.36 bits per heavy atom. The largest absolute Gasteiger partial charge is 0.426 e. The van der Waals surface area contributed by atoms with Crippen LogP contribution in [0.25, 0.3) is 21.5 Å². The molecule has 3 aromatic carbocycles. The maximum atomic E-state index is 12.2. The number of likely N-dealkylation sites (tertiary alicyclic amines) is 1. The maximum absolute atomic E-state index is 12.2. The summed E-state index contributed by atoms with van der Waals surface area (Å²) < 4.78 is 5.59. The summed E-state index contributed by atoms with van der Waals surface area (Å²) in [5.74, 6) is 0.456. The Balaban J connectivity index is 0.00000182. The van der Waals surface area contributed by atoms with Gasteiger partial charge in [0.2, 0.25) is 0 Å². The molecule has 3 nitrogen and oxygen atoms in total. The quantitative estimate of drug-likeness (QED) is 0.384. The van der Waals surface area contributed by atoms with Gasteiger partial charge in [0.25, 0.3) is 0 Å². The zero-order valence-electron chi connectivity index (χ0n) is 14.1. The van der Waals surface area contributed by atoms with Crippen molar-refractivity contribution in [3.05, 3.63) is 54.6 Å². The number of halogens is 1. The Labute approximate surface area is 154 Å². The summed E-state index contributed by atoms with van der Waals surface area (Å²) in [6, 6.07) is 18.4. The molecule has 1 heterocycles. The Morgan fingerprint density at radius 2 is 1.56 bits per heavy atom. The Morgan fingerprint density at radius 1 is 0.880 bits per heavy atom. The third kappa shape index (κ3) is 3.94. The maximum Gasteiger partial charge on any atom is 0.325 e. The van der Waals surface area contributed by atoms with Crippen molar-refractivity contribution in [2.45, 2.75) is 19.3 Å². The normalized spacial score (nSPS) is 15.0. The van der Waals surface area contributed by atoms with E-state index in [4.69, 9.17) is 4.74 Å². The van der Waals surface area contributed by atoms with E-state index in [2.05, 4.69) is 29.2 Å². The van der Waals surface area contributed by atoms with Crippen molar-refractivity contribution < 1.29 is 9.53 Å². The van der Waals surface area contributed by atoms with Gasteiger partial charge in [0.05, 0.1) is 6.54 Å². The van der Waals surface area contributed by atoms with Gasteiger partial charge in [-0.2, -0.15) is 0 Å². The van der Waals surface area contributed by atoms with Crippen LogP contribution in [0.4, 0.5) is 0 Å². The van der Waals surface area contributed by atoms with E-state index >= 15 is 0 Å². The summed E-state index contributed by atoms with van der Waals surface area (Å²) in [7, 11) is 0. The lowest BCUT2D eigenvalue weighted by molar-refractivity contribution is -0.135. The second-order valence-corrected chi connectivity index (χ2v) is 6.48. The van der Waals surface area contributed by atoms with Crippen LogP contribution in [0.5, 0.6) is 5.75 Å². The number of hydrogen-bond acceptors (Lipinski definition) is 3. The van der Waals surface area contributed by atoms with Gasteiger partial charge in [-0.3, -0.25) is 9.69 Å². The number of piperidine rings is 1. The molecule has 0 saturated carbocycles. The SMILES string of the molecule is Cl.O=C(CN1CCCCC1)Oc1ccc2ccc3ccccc3c2c1. The third-order valence-electron chi connectivity index (χ3n) is 4.75. The lowest BCUT2D eigenvalue weighted by Gasteiger charge is -2.25. The van der Waals surface area contributed by atoms with Gasteiger partial charge in [0.1, 0.15) is 5.75 Å². The summed E-state index contributed by atoms with van der Waals surface area (Å²) in [6.45, 7) is 2.38. The average molecular weight is 356 g/mol. The van der Waals surface area contributed by atoms with Gasteiger partial charge < -0.3 is 4.74 Å². The molecule has 0 amide bonds. The molecular weight excluding hydrogens is 334 g/mol. The molecule has 0 bridgehead atoms. The molecule has 1 fully saturated rings. The third-order valence-corrected chi connectivity index (χ3v) is 4.75. The lowest BCUT2D eigenvalue weighted by Crippen LogP contribution is -2.36. The van der Waals surface area contributed by atoms with Crippen LogP contribution in [0.2, 0.25) is 0 Å². The number of rotatable bonds is 3. The summed E-state index contributed by atoms with van der Waals surface area (Å²) in [4.78, 5) is 14.4. The van der Waals surface area contributed by atoms with E-state index in [-0.39, 0.29) is 18.4 Å². The van der Waals surface area contributed by atoms with Crippen molar-refractivity contribution in [2.24, 2.45) is 0 Å². The predicted octanol–water partition coefficient (Wildman–Crippen LogP) is 4.81. The van der Waals surface area contributed by atoms with Crippen LogP contribution in [0.15, 0.2) is 54.6 Å². The number of ether oxygens (including phenoxy) is 1. The first kappa shape index (κ1) is 17.7. The molecule has 4 heteroatoms. The molecule has 0 aliphatic carbocycles. The summed E-state index contributed by atoms with van der Waals surface area (Å²) in [5.41, 5.74) is 0. The molecule has 0 radical (unpaired) electrons. The Kier molecular flexibility index (Phi) is 5.57. The lowest BCUT2D eigenvalue weighted by atomic mass is 10.0. The molecule has 1 aliphatic rings. The molecule has 4 rings (SSSR count). The van der Waals surface area contributed by atoms with Gasteiger partial charge in [0.15, 0.2) is 0 Å². The minimum Gasteiger partial charge on any atom is -0.426 e. The van der Waals surface area contributed by atoms with Crippen LogP contribution in [-0.2, 0) is 4.79 Å².